The monoisotopic (exact) mass is 341 g/mol. The minimum atomic E-state index is 0.566. The fourth-order valence-corrected chi connectivity index (χ4v) is 4.43. The summed E-state index contributed by atoms with van der Waals surface area (Å²) in [5.41, 5.74) is 3.26. The molecule has 1 aliphatic carbocycles. The molecule has 2 unspecified atom stereocenters. The molecule has 1 aromatic carbocycles. The van der Waals surface area contributed by atoms with Crippen LogP contribution in [0.5, 0.6) is 5.75 Å². The van der Waals surface area contributed by atoms with Crippen LogP contribution in [0.4, 0.5) is 5.13 Å². The number of thiazole rings is 1. The van der Waals surface area contributed by atoms with E-state index >= 15 is 0 Å². The molecule has 3 aromatic rings. The van der Waals surface area contributed by atoms with Gasteiger partial charge in [-0.15, -0.1) is 11.3 Å². The van der Waals surface area contributed by atoms with Crippen molar-refractivity contribution in [3.05, 3.63) is 29.8 Å². The predicted octanol–water partition coefficient (Wildman–Crippen LogP) is 5.29. The topological polar surface area (TPSA) is 49.9 Å². The van der Waals surface area contributed by atoms with Gasteiger partial charge >= 0.3 is 0 Å². The van der Waals surface area contributed by atoms with Gasteiger partial charge in [0.25, 0.3) is 0 Å². The van der Waals surface area contributed by atoms with Crippen molar-refractivity contribution in [3.63, 3.8) is 0 Å². The molecule has 1 saturated carbocycles. The van der Waals surface area contributed by atoms with E-state index in [1.807, 2.05) is 18.3 Å². The van der Waals surface area contributed by atoms with Crippen LogP contribution in [0.2, 0.25) is 0 Å². The first-order valence-corrected chi connectivity index (χ1v) is 9.48. The summed E-state index contributed by atoms with van der Waals surface area (Å²) in [5, 5.41) is 7.95. The highest BCUT2D eigenvalue weighted by Crippen LogP contribution is 2.34. The zero-order valence-electron chi connectivity index (χ0n) is 14.1. The van der Waals surface area contributed by atoms with E-state index < -0.39 is 0 Å². The Hall–Kier alpha value is -2.01. The molecule has 0 saturated heterocycles. The number of rotatable bonds is 4. The van der Waals surface area contributed by atoms with Crippen LogP contribution in [-0.2, 0) is 0 Å². The van der Waals surface area contributed by atoms with E-state index in [0.29, 0.717) is 6.04 Å². The first-order valence-electron chi connectivity index (χ1n) is 8.60. The van der Waals surface area contributed by atoms with Gasteiger partial charge in [0.15, 0.2) is 5.13 Å². The van der Waals surface area contributed by atoms with Gasteiger partial charge in [-0.3, -0.25) is 0 Å². The number of ether oxygens (including phenoxy) is 1. The molecule has 0 bridgehead atoms. The van der Waals surface area contributed by atoms with E-state index in [1.165, 1.54) is 25.7 Å². The summed E-state index contributed by atoms with van der Waals surface area (Å²) in [6.45, 7) is 2.35. The number of fused-ring (bicyclic) bond motifs is 1. The second kappa shape index (κ2) is 6.48. The average molecular weight is 341 g/mol. The summed E-state index contributed by atoms with van der Waals surface area (Å²) >= 11 is 1.69. The molecule has 1 aliphatic rings. The predicted molar refractivity (Wildman–Crippen MR) is 101 cm³/mol. The van der Waals surface area contributed by atoms with Crippen LogP contribution < -0.4 is 10.1 Å². The molecule has 126 valence electrons. The van der Waals surface area contributed by atoms with Gasteiger partial charge in [0.2, 0.25) is 0 Å². The molecular formula is C19H23N3OS. The molecule has 4 rings (SSSR count). The van der Waals surface area contributed by atoms with E-state index in [4.69, 9.17) is 9.72 Å². The molecule has 4 nitrogen and oxygen atoms in total. The average Bonchev–Trinajstić information content (AvgIpc) is 3.20. The number of hydrogen-bond acceptors (Lipinski definition) is 4. The number of hydrogen-bond donors (Lipinski definition) is 2. The zero-order chi connectivity index (χ0) is 16.5. The van der Waals surface area contributed by atoms with Crippen LogP contribution in [0.3, 0.4) is 0 Å². The van der Waals surface area contributed by atoms with Gasteiger partial charge in [-0.25, -0.2) is 4.98 Å². The Morgan fingerprint density at radius 2 is 2.25 bits per heavy atom. The van der Waals surface area contributed by atoms with Crippen molar-refractivity contribution >= 4 is 27.4 Å². The van der Waals surface area contributed by atoms with E-state index in [9.17, 15) is 0 Å². The Balaban J connectivity index is 1.58. The standard InChI is InChI=1S/C19H23N3OS/c1-12-4-3-5-13(8-12)21-19-22-18(11-24-19)16-10-20-17-7-6-14(23-2)9-15(16)17/h6-7,9-13,20H,3-5,8H2,1-2H3,(H,21,22). The highest BCUT2D eigenvalue weighted by Gasteiger charge is 2.20. The van der Waals surface area contributed by atoms with Crippen molar-refractivity contribution in [2.75, 3.05) is 12.4 Å². The summed E-state index contributed by atoms with van der Waals surface area (Å²) in [5.74, 6) is 1.69. The normalized spacial score (nSPS) is 21.1. The number of benzene rings is 1. The maximum atomic E-state index is 5.35. The van der Waals surface area contributed by atoms with Crippen molar-refractivity contribution < 1.29 is 4.74 Å². The number of H-pyrrole nitrogens is 1. The van der Waals surface area contributed by atoms with Crippen molar-refractivity contribution in [1.29, 1.82) is 0 Å². The van der Waals surface area contributed by atoms with Crippen LogP contribution in [0.15, 0.2) is 29.8 Å². The fraction of sp³-hybridized carbons (Fsp3) is 0.421. The summed E-state index contributed by atoms with van der Waals surface area (Å²) in [6.07, 6.45) is 7.21. The Bertz CT molecular complexity index is 838. The van der Waals surface area contributed by atoms with Crippen molar-refractivity contribution in [1.82, 2.24) is 9.97 Å². The molecule has 2 heterocycles. The molecule has 24 heavy (non-hydrogen) atoms. The zero-order valence-corrected chi connectivity index (χ0v) is 15.0. The second-order valence-electron chi connectivity index (χ2n) is 6.76. The number of aromatic amines is 1. The van der Waals surface area contributed by atoms with E-state index in [1.54, 1.807) is 18.4 Å². The molecule has 0 aliphatic heterocycles. The lowest BCUT2D eigenvalue weighted by Crippen LogP contribution is -2.26. The summed E-state index contributed by atoms with van der Waals surface area (Å²) in [4.78, 5) is 8.15. The summed E-state index contributed by atoms with van der Waals surface area (Å²) in [7, 11) is 1.70. The number of aromatic nitrogens is 2. The quantitative estimate of drug-likeness (QED) is 0.678. The minimum Gasteiger partial charge on any atom is -0.497 e. The van der Waals surface area contributed by atoms with E-state index in [-0.39, 0.29) is 0 Å². The van der Waals surface area contributed by atoms with Crippen LogP contribution in [0.25, 0.3) is 22.2 Å². The Morgan fingerprint density at radius 1 is 1.33 bits per heavy atom. The van der Waals surface area contributed by atoms with Gasteiger partial charge in [0, 0.05) is 34.1 Å². The van der Waals surface area contributed by atoms with Crippen molar-refractivity contribution in [2.45, 2.75) is 38.6 Å². The number of anilines is 1. The minimum absolute atomic E-state index is 0.566. The maximum Gasteiger partial charge on any atom is 0.183 e. The third kappa shape index (κ3) is 3.00. The third-order valence-electron chi connectivity index (χ3n) is 4.93. The van der Waals surface area contributed by atoms with Gasteiger partial charge in [-0.05, 0) is 37.0 Å². The number of methoxy groups -OCH3 is 1. The van der Waals surface area contributed by atoms with Crippen molar-refractivity contribution in [2.24, 2.45) is 5.92 Å². The largest absolute Gasteiger partial charge is 0.497 e. The van der Waals surface area contributed by atoms with Gasteiger partial charge in [-0.1, -0.05) is 19.8 Å². The molecule has 0 spiro atoms. The number of nitrogens with one attached hydrogen (secondary N) is 2. The van der Waals surface area contributed by atoms with E-state index in [0.717, 1.165) is 39.0 Å². The summed E-state index contributed by atoms with van der Waals surface area (Å²) in [6, 6.07) is 6.65. The second-order valence-corrected chi connectivity index (χ2v) is 7.62. The molecule has 2 aromatic heterocycles. The van der Waals surface area contributed by atoms with Crippen LogP contribution in [0, 0.1) is 5.92 Å². The molecule has 2 N–H and O–H groups in total. The third-order valence-corrected chi connectivity index (χ3v) is 5.71. The summed E-state index contributed by atoms with van der Waals surface area (Å²) < 4.78 is 5.35. The molecule has 5 heteroatoms. The molecule has 0 amide bonds. The molecule has 0 radical (unpaired) electrons. The van der Waals surface area contributed by atoms with Crippen LogP contribution in [0.1, 0.15) is 32.6 Å². The number of nitrogens with zero attached hydrogens (tertiary/aromatic N) is 1. The lowest BCUT2D eigenvalue weighted by atomic mass is 9.87. The Labute approximate surface area is 146 Å². The van der Waals surface area contributed by atoms with E-state index in [2.05, 4.69) is 28.7 Å². The highest BCUT2D eigenvalue weighted by molar-refractivity contribution is 7.14. The Kier molecular flexibility index (Phi) is 4.19. The molecular weight excluding hydrogens is 318 g/mol. The lowest BCUT2D eigenvalue weighted by Gasteiger charge is -2.27. The van der Waals surface area contributed by atoms with Crippen LogP contribution >= 0.6 is 11.3 Å². The Morgan fingerprint density at radius 3 is 3.08 bits per heavy atom. The molecule has 2 atom stereocenters. The lowest BCUT2D eigenvalue weighted by molar-refractivity contribution is 0.358. The maximum absolute atomic E-state index is 5.35. The smallest absolute Gasteiger partial charge is 0.183 e. The first kappa shape index (κ1) is 15.5. The highest BCUT2D eigenvalue weighted by atomic mass is 32.1. The van der Waals surface area contributed by atoms with Gasteiger partial charge < -0.3 is 15.0 Å². The van der Waals surface area contributed by atoms with Gasteiger partial charge in [0.05, 0.1) is 12.8 Å². The first-order chi connectivity index (χ1) is 11.7. The van der Waals surface area contributed by atoms with Gasteiger partial charge in [0.1, 0.15) is 5.75 Å². The molecule has 1 fully saturated rings. The van der Waals surface area contributed by atoms with Crippen LogP contribution in [-0.4, -0.2) is 23.1 Å². The van der Waals surface area contributed by atoms with Gasteiger partial charge in [-0.2, -0.15) is 0 Å². The fourth-order valence-electron chi connectivity index (χ4n) is 3.64. The van der Waals surface area contributed by atoms with Crippen molar-refractivity contribution in [3.8, 4) is 17.0 Å². The SMILES string of the molecule is COc1ccc2[nH]cc(-c3csc(NC4CCCC(C)C4)n3)c2c1.